The summed E-state index contributed by atoms with van der Waals surface area (Å²) in [5.74, 6) is 0.598. The summed E-state index contributed by atoms with van der Waals surface area (Å²) < 4.78 is 0. The molecular weight excluding hydrogens is 248 g/mol. The van der Waals surface area contributed by atoms with Crippen molar-refractivity contribution in [2.45, 2.75) is 13.8 Å². The summed E-state index contributed by atoms with van der Waals surface area (Å²) in [6, 6.07) is 11.9. The molecule has 0 bridgehead atoms. The number of anilines is 3. The summed E-state index contributed by atoms with van der Waals surface area (Å²) in [4.78, 5) is 6.45. The maximum Gasteiger partial charge on any atom is 0.148 e. The first-order valence-corrected chi connectivity index (χ1v) is 6.44. The summed E-state index contributed by atoms with van der Waals surface area (Å²) in [5, 5.41) is 12.4. The normalized spacial score (nSPS) is 9.95. The van der Waals surface area contributed by atoms with Crippen molar-refractivity contribution in [2.24, 2.45) is 0 Å². The molecule has 0 fully saturated rings. The first-order chi connectivity index (χ1) is 9.51. The van der Waals surface area contributed by atoms with E-state index in [2.05, 4.69) is 40.3 Å². The number of nitrogens with zero attached hydrogens (tertiary/aromatic N) is 3. The number of hydrogen-bond acceptors (Lipinski definition) is 4. The Balaban J connectivity index is 2.38. The van der Waals surface area contributed by atoms with Crippen molar-refractivity contribution in [3.05, 3.63) is 47.2 Å². The van der Waals surface area contributed by atoms with Crippen LogP contribution in [-0.4, -0.2) is 19.1 Å². The Bertz CT molecular complexity index is 669. The first-order valence-electron chi connectivity index (χ1n) is 6.44. The summed E-state index contributed by atoms with van der Waals surface area (Å²) in [6.45, 7) is 3.98. The van der Waals surface area contributed by atoms with Gasteiger partial charge in [0.05, 0.1) is 5.56 Å². The minimum atomic E-state index is 0.544. The lowest BCUT2D eigenvalue weighted by molar-refractivity contribution is 1.11. The SMILES string of the molecule is Cc1ccc(C#N)c(Nc2ccc(C)c(N(C)C)c2)n1. The fourth-order valence-electron chi connectivity index (χ4n) is 2.05. The lowest BCUT2D eigenvalue weighted by atomic mass is 10.1. The van der Waals surface area contributed by atoms with E-state index < -0.39 is 0 Å². The van der Waals surface area contributed by atoms with Crippen LogP contribution in [0.1, 0.15) is 16.8 Å². The smallest absolute Gasteiger partial charge is 0.148 e. The van der Waals surface area contributed by atoms with E-state index in [1.54, 1.807) is 6.07 Å². The minimum absolute atomic E-state index is 0.544. The van der Waals surface area contributed by atoms with E-state index in [-0.39, 0.29) is 0 Å². The van der Waals surface area contributed by atoms with Gasteiger partial charge in [0.1, 0.15) is 11.9 Å². The number of aryl methyl sites for hydroxylation is 2. The molecule has 1 heterocycles. The second-order valence-electron chi connectivity index (χ2n) is 4.98. The third kappa shape index (κ3) is 2.89. The fraction of sp³-hybridized carbons (Fsp3) is 0.250. The van der Waals surface area contributed by atoms with Crippen molar-refractivity contribution in [2.75, 3.05) is 24.3 Å². The van der Waals surface area contributed by atoms with Crippen LogP contribution in [0.2, 0.25) is 0 Å². The van der Waals surface area contributed by atoms with Crippen molar-refractivity contribution in [1.29, 1.82) is 5.26 Å². The average molecular weight is 266 g/mol. The molecule has 0 unspecified atom stereocenters. The minimum Gasteiger partial charge on any atom is -0.377 e. The van der Waals surface area contributed by atoms with Crippen molar-refractivity contribution in [3.63, 3.8) is 0 Å². The third-order valence-corrected chi connectivity index (χ3v) is 3.11. The molecule has 1 N–H and O–H groups in total. The lowest BCUT2D eigenvalue weighted by Crippen LogP contribution is -2.10. The molecule has 0 saturated carbocycles. The lowest BCUT2D eigenvalue weighted by Gasteiger charge is -2.17. The molecule has 0 radical (unpaired) electrons. The molecule has 2 aromatic rings. The molecule has 1 aromatic heterocycles. The Labute approximate surface area is 119 Å². The van der Waals surface area contributed by atoms with Gasteiger partial charge in [-0.25, -0.2) is 4.98 Å². The zero-order valence-electron chi connectivity index (χ0n) is 12.2. The van der Waals surface area contributed by atoms with E-state index in [4.69, 9.17) is 5.26 Å². The van der Waals surface area contributed by atoms with E-state index in [0.717, 1.165) is 17.1 Å². The van der Waals surface area contributed by atoms with E-state index >= 15 is 0 Å². The van der Waals surface area contributed by atoms with Crippen LogP contribution in [0.4, 0.5) is 17.2 Å². The third-order valence-electron chi connectivity index (χ3n) is 3.11. The summed E-state index contributed by atoms with van der Waals surface area (Å²) in [5.41, 5.74) is 4.70. The number of benzene rings is 1. The summed E-state index contributed by atoms with van der Waals surface area (Å²) >= 11 is 0. The molecule has 0 amide bonds. The van der Waals surface area contributed by atoms with E-state index in [1.807, 2.05) is 33.2 Å². The van der Waals surface area contributed by atoms with Gasteiger partial charge >= 0.3 is 0 Å². The molecule has 4 nitrogen and oxygen atoms in total. The van der Waals surface area contributed by atoms with Crippen molar-refractivity contribution >= 4 is 17.2 Å². The Hall–Kier alpha value is -2.54. The van der Waals surface area contributed by atoms with Crippen LogP contribution in [0.5, 0.6) is 0 Å². The molecule has 1 aromatic carbocycles. The van der Waals surface area contributed by atoms with Crippen molar-refractivity contribution < 1.29 is 0 Å². The Morgan fingerprint density at radius 1 is 1.15 bits per heavy atom. The zero-order chi connectivity index (χ0) is 14.7. The van der Waals surface area contributed by atoms with Gasteiger partial charge in [-0.3, -0.25) is 0 Å². The Morgan fingerprint density at radius 3 is 2.55 bits per heavy atom. The van der Waals surface area contributed by atoms with Gasteiger partial charge in [-0.15, -0.1) is 0 Å². The summed E-state index contributed by atoms with van der Waals surface area (Å²) in [7, 11) is 4.02. The predicted molar refractivity (Wildman–Crippen MR) is 82.5 cm³/mol. The van der Waals surface area contributed by atoms with Gasteiger partial charge < -0.3 is 10.2 Å². The number of nitriles is 1. The molecule has 102 valence electrons. The molecule has 0 spiro atoms. The van der Waals surface area contributed by atoms with Crippen LogP contribution in [0.25, 0.3) is 0 Å². The number of nitrogens with one attached hydrogen (secondary N) is 1. The molecule has 0 aliphatic rings. The molecule has 0 aliphatic heterocycles. The van der Waals surface area contributed by atoms with E-state index in [9.17, 15) is 0 Å². The maximum absolute atomic E-state index is 9.14. The molecule has 0 aliphatic carbocycles. The van der Waals surface area contributed by atoms with Gasteiger partial charge in [0.2, 0.25) is 0 Å². The van der Waals surface area contributed by atoms with Gasteiger partial charge in [-0.2, -0.15) is 5.26 Å². The molecule has 0 atom stereocenters. The predicted octanol–water partition coefficient (Wildman–Crippen LogP) is 3.38. The molecular formula is C16H18N4. The Kier molecular flexibility index (Phi) is 3.90. The van der Waals surface area contributed by atoms with Crippen LogP contribution in [0.15, 0.2) is 30.3 Å². The van der Waals surface area contributed by atoms with Gasteiger partial charge in [0.25, 0.3) is 0 Å². The topological polar surface area (TPSA) is 52.0 Å². The van der Waals surface area contributed by atoms with Crippen LogP contribution in [-0.2, 0) is 0 Å². The highest BCUT2D eigenvalue weighted by Crippen LogP contribution is 2.25. The second-order valence-corrected chi connectivity index (χ2v) is 4.98. The quantitative estimate of drug-likeness (QED) is 0.925. The van der Waals surface area contributed by atoms with Gasteiger partial charge in [0.15, 0.2) is 0 Å². The standard InChI is InChI=1S/C16H18N4/c1-11-5-8-14(9-15(11)20(3)4)19-16-13(10-17)7-6-12(2)18-16/h5-9H,1-4H3,(H,18,19). The molecule has 20 heavy (non-hydrogen) atoms. The van der Waals surface area contributed by atoms with Gasteiger partial charge in [-0.1, -0.05) is 6.07 Å². The Morgan fingerprint density at radius 2 is 1.90 bits per heavy atom. The number of rotatable bonds is 3. The van der Waals surface area contributed by atoms with Crippen LogP contribution < -0.4 is 10.2 Å². The van der Waals surface area contributed by atoms with Crippen LogP contribution in [0, 0.1) is 25.2 Å². The first kappa shape index (κ1) is 13.9. The number of aromatic nitrogens is 1. The zero-order valence-corrected chi connectivity index (χ0v) is 12.2. The summed E-state index contributed by atoms with van der Waals surface area (Å²) in [6.07, 6.45) is 0. The highest BCUT2D eigenvalue weighted by atomic mass is 15.1. The fourth-order valence-corrected chi connectivity index (χ4v) is 2.05. The number of pyridine rings is 1. The van der Waals surface area contributed by atoms with Gasteiger partial charge in [0, 0.05) is 31.2 Å². The van der Waals surface area contributed by atoms with Crippen LogP contribution >= 0.6 is 0 Å². The maximum atomic E-state index is 9.14. The van der Waals surface area contributed by atoms with E-state index in [1.165, 1.54) is 5.56 Å². The molecule has 2 rings (SSSR count). The molecule has 0 saturated heterocycles. The highest BCUT2D eigenvalue weighted by molar-refractivity contribution is 5.68. The monoisotopic (exact) mass is 266 g/mol. The van der Waals surface area contributed by atoms with Crippen molar-refractivity contribution in [3.8, 4) is 6.07 Å². The second kappa shape index (κ2) is 5.62. The average Bonchev–Trinajstić information content (AvgIpc) is 2.41. The van der Waals surface area contributed by atoms with Crippen molar-refractivity contribution in [1.82, 2.24) is 4.98 Å². The largest absolute Gasteiger partial charge is 0.377 e. The van der Waals surface area contributed by atoms with Crippen LogP contribution in [0.3, 0.4) is 0 Å². The van der Waals surface area contributed by atoms with E-state index in [0.29, 0.717) is 11.4 Å². The number of hydrogen-bond donors (Lipinski definition) is 1. The van der Waals surface area contributed by atoms with Gasteiger partial charge in [-0.05, 0) is 43.7 Å². The highest BCUT2D eigenvalue weighted by Gasteiger charge is 2.07. The molecule has 4 heteroatoms.